The smallest absolute Gasteiger partial charge is 0.254 e. The van der Waals surface area contributed by atoms with Gasteiger partial charge in [-0.2, -0.15) is 0 Å². The Bertz CT molecular complexity index is 913. The zero-order valence-corrected chi connectivity index (χ0v) is 13.7. The SMILES string of the molecule is Cn1c2c(c3ccccc31)CN(C(=O)c1cccc(Cl)c1)CC2. The number of hydrogen-bond acceptors (Lipinski definition) is 1. The molecule has 3 aromatic rings. The molecule has 1 aromatic heterocycles. The first-order chi connectivity index (χ1) is 11.1. The van der Waals surface area contributed by atoms with Crippen molar-refractivity contribution in [3.63, 3.8) is 0 Å². The maximum atomic E-state index is 12.8. The average Bonchev–Trinajstić information content (AvgIpc) is 2.87. The van der Waals surface area contributed by atoms with Crippen molar-refractivity contribution in [3.8, 4) is 0 Å². The molecule has 0 saturated carbocycles. The molecule has 1 aliphatic rings. The van der Waals surface area contributed by atoms with Crippen LogP contribution in [0.2, 0.25) is 5.02 Å². The normalized spacial score (nSPS) is 14.1. The molecule has 0 bridgehead atoms. The van der Waals surface area contributed by atoms with E-state index in [4.69, 9.17) is 11.6 Å². The maximum Gasteiger partial charge on any atom is 0.254 e. The second-order valence-electron chi connectivity index (χ2n) is 5.99. The number of hydrogen-bond donors (Lipinski definition) is 0. The van der Waals surface area contributed by atoms with Crippen molar-refractivity contribution < 1.29 is 4.79 Å². The van der Waals surface area contributed by atoms with Crippen molar-refractivity contribution >= 4 is 28.4 Å². The monoisotopic (exact) mass is 324 g/mol. The predicted octanol–water partition coefficient (Wildman–Crippen LogP) is 4.03. The van der Waals surface area contributed by atoms with Gasteiger partial charge in [0.25, 0.3) is 5.91 Å². The molecule has 4 rings (SSSR count). The highest BCUT2D eigenvalue weighted by atomic mass is 35.5. The second-order valence-corrected chi connectivity index (χ2v) is 6.42. The lowest BCUT2D eigenvalue weighted by Crippen LogP contribution is -2.36. The van der Waals surface area contributed by atoms with Crippen LogP contribution in [0.3, 0.4) is 0 Å². The molecule has 0 N–H and O–H groups in total. The number of carbonyl (C=O) groups excluding carboxylic acids is 1. The van der Waals surface area contributed by atoms with Gasteiger partial charge in [0.1, 0.15) is 0 Å². The van der Waals surface area contributed by atoms with Crippen molar-refractivity contribution in [2.75, 3.05) is 6.54 Å². The molecule has 1 aliphatic heterocycles. The molecule has 0 spiro atoms. The summed E-state index contributed by atoms with van der Waals surface area (Å²) in [7, 11) is 2.11. The second kappa shape index (κ2) is 5.43. The zero-order valence-electron chi connectivity index (χ0n) is 12.9. The lowest BCUT2D eigenvalue weighted by Gasteiger charge is -2.28. The minimum Gasteiger partial charge on any atom is -0.347 e. The van der Waals surface area contributed by atoms with Crippen LogP contribution in [-0.4, -0.2) is 21.9 Å². The number of carbonyl (C=O) groups is 1. The standard InChI is InChI=1S/C19H17ClN2O/c1-21-17-8-3-2-7-15(17)16-12-22(10-9-18(16)21)19(23)13-5-4-6-14(20)11-13/h2-8,11H,9-10,12H2,1H3. The van der Waals surface area contributed by atoms with Crippen LogP contribution in [0.1, 0.15) is 21.6 Å². The Morgan fingerprint density at radius 3 is 2.78 bits per heavy atom. The van der Waals surface area contributed by atoms with E-state index in [2.05, 4.69) is 35.9 Å². The number of nitrogens with zero attached hydrogens (tertiary/aromatic N) is 2. The predicted molar refractivity (Wildman–Crippen MR) is 92.8 cm³/mol. The van der Waals surface area contributed by atoms with Crippen LogP contribution in [0, 0.1) is 0 Å². The van der Waals surface area contributed by atoms with Gasteiger partial charge < -0.3 is 9.47 Å². The Hall–Kier alpha value is -2.26. The molecule has 3 nitrogen and oxygen atoms in total. The van der Waals surface area contributed by atoms with E-state index >= 15 is 0 Å². The van der Waals surface area contributed by atoms with E-state index in [-0.39, 0.29) is 5.91 Å². The van der Waals surface area contributed by atoms with Crippen LogP contribution in [-0.2, 0) is 20.0 Å². The average molecular weight is 325 g/mol. The Kier molecular flexibility index (Phi) is 3.38. The fraction of sp³-hybridized carbons (Fsp3) is 0.211. The van der Waals surface area contributed by atoms with E-state index in [0.717, 1.165) is 13.0 Å². The van der Waals surface area contributed by atoms with E-state index in [0.29, 0.717) is 17.1 Å². The van der Waals surface area contributed by atoms with E-state index in [1.165, 1.54) is 22.2 Å². The van der Waals surface area contributed by atoms with Gasteiger partial charge in [-0.1, -0.05) is 35.9 Å². The fourth-order valence-corrected chi connectivity index (χ4v) is 3.70. The number of halogens is 1. The molecule has 0 aliphatic carbocycles. The Labute approximate surface area is 140 Å². The van der Waals surface area contributed by atoms with Gasteiger partial charge in [0, 0.05) is 59.3 Å². The van der Waals surface area contributed by atoms with Crippen LogP contribution in [0.5, 0.6) is 0 Å². The molecule has 0 fully saturated rings. The van der Waals surface area contributed by atoms with Crippen LogP contribution < -0.4 is 0 Å². The number of para-hydroxylation sites is 1. The third-order valence-corrected chi connectivity index (χ3v) is 4.91. The van der Waals surface area contributed by atoms with E-state index in [1.54, 1.807) is 12.1 Å². The third kappa shape index (κ3) is 2.32. The number of fused-ring (bicyclic) bond motifs is 3. The molecule has 2 heterocycles. The van der Waals surface area contributed by atoms with Gasteiger partial charge in [-0.05, 0) is 24.3 Å². The molecule has 0 unspecified atom stereocenters. The summed E-state index contributed by atoms with van der Waals surface area (Å²) in [5.41, 5.74) is 4.49. The summed E-state index contributed by atoms with van der Waals surface area (Å²) in [6.45, 7) is 1.39. The lowest BCUT2D eigenvalue weighted by molar-refractivity contribution is 0.0734. The van der Waals surface area contributed by atoms with Crippen LogP contribution in [0.25, 0.3) is 10.9 Å². The summed E-state index contributed by atoms with van der Waals surface area (Å²) in [6, 6.07) is 15.6. The number of aryl methyl sites for hydroxylation is 1. The van der Waals surface area contributed by atoms with Crippen molar-refractivity contribution in [1.82, 2.24) is 9.47 Å². The van der Waals surface area contributed by atoms with Crippen molar-refractivity contribution in [3.05, 3.63) is 70.4 Å². The number of rotatable bonds is 1. The third-order valence-electron chi connectivity index (χ3n) is 4.67. The van der Waals surface area contributed by atoms with Gasteiger partial charge >= 0.3 is 0 Å². The molecule has 0 saturated heterocycles. The highest BCUT2D eigenvalue weighted by molar-refractivity contribution is 6.30. The summed E-state index contributed by atoms with van der Waals surface area (Å²) in [5, 5.41) is 1.84. The first-order valence-corrected chi connectivity index (χ1v) is 8.13. The number of aromatic nitrogens is 1. The molecular weight excluding hydrogens is 308 g/mol. The molecule has 4 heteroatoms. The highest BCUT2D eigenvalue weighted by Crippen LogP contribution is 2.30. The number of benzene rings is 2. The Balaban J connectivity index is 1.71. The lowest BCUT2D eigenvalue weighted by atomic mass is 10.0. The quantitative estimate of drug-likeness (QED) is 0.663. The zero-order chi connectivity index (χ0) is 16.0. The number of amides is 1. The molecule has 23 heavy (non-hydrogen) atoms. The van der Waals surface area contributed by atoms with Crippen LogP contribution >= 0.6 is 11.6 Å². The molecule has 116 valence electrons. The highest BCUT2D eigenvalue weighted by Gasteiger charge is 2.26. The van der Waals surface area contributed by atoms with E-state index in [1.807, 2.05) is 17.0 Å². The Morgan fingerprint density at radius 2 is 1.96 bits per heavy atom. The topological polar surface area (TPSA) is 25.2 Å². The van der Waals surface area contributed by atoms with Gasteiger partial charge in [0.15, 0.2) is 0 Å². The van der Waals surface area contributed by atoms with Crippen LogP contribution in [0.4, 0.5) is 0 Å². The van der Waals surface area contributed by atoms with Crippen LogP contribution in [0.15, 0.2) is 48.5 Å². The van der Waals surface area contributed by atoms with E-state index < -0.39 is 0 Å². The summed E-state index contributed by atoms with van der Waals surface area (Å²) in [6.07, 6.45) is 0.882. The molecule has 1 amide bonds. The Morgan fingerprint density at radius 1 is 1.13 bits per heavy atom. The van der Waals surface area contributed by atoms with Gasteiger partial charge in [0.05, 0.1) is 0 Å². The summed E-state index contributed by atoms with van der Waals surface area (Å²) < 4.78 is 2.26. The van der Waals surface area contributed by atoms with Gasteiger partial charge in [-0.15, -0.1) is 0 Å². The molecule has 0 atom stereocenters. The molecule has 2 aromatic carbocycles. The molecular formula is C19H17ClN2O. The van der Waals surface area contributed by atoms with Gasteiger partial charge in [-0.25, -0.2) is 0 Å². The van der Waals surface area contributed by atoms with Crippen molar-refractivity contribution in [2.45, 2.75) is 13.0 Å². The van der Waals surface area contributed by atoms with Gasteiger partial charge in [-0.3, -0.25) is 4.79 Å². The maximum absolute atomic E-state index is 12.8. The minimum atomic E-state index is 0.0473. The van der Waals surface area contributed by atoms with E-state index in [9.17, 15) is 4.79 Å². The summed E-state index contributed by atoms with van der Waals surface area (Å²) in [4.78, 5) is 14.7. The summed E-state index contributed by atoms with van der Waals surface area (Å²) >= 11 is 6.02. The van der Waals surface area contributed by atoms with Crippen molar-refractivity contribution in [2.24, 2.45) is 7.05 Å². The first-order valence-electron chi connectivity index (χ1n) is 7.75. The summed E-state index contributed by atoms with van der Waals surface area (Å²) in [5.74, 6) is 0.0473. The molecule has 0 radical (unpaired) electrons. The largest absolute Gasteiger partial charge is 0.347 e. The minimum absolute atomic E-state index is 0.0473. The van der Waals surface area contributed by atoms with Crippen molar-refractivity contribution in [1.29, 1.82) is 0 Å². The van der Waals surface area contributed by atoms with Gasteiger partial charge in [0.2, 0.25) is 0 Å². The first kappa shape index (κ1) is 14.3. The fourth-order valence-electron chi connectivity index (χ4n) is 3.51.